The van der Waals surface area contributed by atoms with Gasteiger partial charge in [0, 0.05) is 23.4 Å². The number of para-hydroxylation sites is 1. The van der Waals surface area contributed by atoms with Crippen molar-refractivity contribution in [3.63, 3.8) is 0 Å². The fourth-order valence-corrected chi connectivity index (χ4v) is 1.73. The lowest BCUT2D eigenvalue weighted by atomic mass is 10.1. The van der Waals surface area contributed by atoms with Crippen LogP contribution in [-0.4, -0.2) is 15.8 Å². The van der Waals surface area contributed by atoms with Gasteiger partial charge in [0.1, 0.15) is 0 Å². The first-order chi connectivity index (χ1) is 11.2. The van der Waals surface area contributed by atoms with Crippen molar-refractivity contribution in [1.29, 1.82) is 0 Å². The van der Waals surface area contributed by atoms with Crippen LogP contribution in [0.4, 0.5) is 17.1 Å². The number of benzene rings is 2. The molecule has 0 fully saturated rings. The average molecular weight is 305 g/mol. The molecular weight excluding hydrogens is 290 g/mol. The molecule has 0 spiro atoms. The quantitative estimate of drug-likeness (QED) is 0.688. The Labute approximate surface area is 127 Å². The highest BCUT2D eigenvalue weighted by Gasteiger charge is 2.25. The highest BCUT2D eigenvalue weighted by atomic mass is 16.6. The van der Waals surface area contributed by atoms with Crippen LogP contribution in [0.3, 0.4) is 0 Å². The van der Waals surface area contributed by atoms with Crippen molar-refractivity contribution in [3.05, 3.63) is 73.8 Å². The number of hydrogen-bond donors (Lipinski definition) is 1. The molecule has 2 aromatic carbocycles. The van der Waals surface area contributed by atoms with Gasteiger partial charge in [0.25, 0.3) is 5.91 Å². The Bertz CT molecular complexity index is 870. The summed E-state index contributed by atoms with van der Waals surface area (Å²) in [6.07, 6.45) is 0. The van der Waals surface area contributed by atoms with Gasteiger partial charge in [0.15, 0.2) is 0 Å². The summed E-state index contributed by atoms with van der Waals surface area (Å²) in [7, 11) is 0. The van der Waals surface area contributed by atoms with E-state index >= 15 is 0 Å². The number of nitrogens with one attached hydrogen (secondary N) is 1. The number of rotatable bonds is 4. The second-order valence-electron chi connectivity index (χ2n) is 4.31. The molecule has 2 aromatic rings. The van der Waals surface area contributed by atoms with Gasteiger partial charge < -0.3 is 5.32 Å². The van der Waals surface area contributed by atoms with E-state index < -0.39 is 44.8 Å². The van der Waals surface area contributed by atoms with Crippen molar-refractivity contribution in [2.24, 2.45) is 0 Å². The zero-order chi connectivity index (χ0) is 18.0. The minimum atomic E-state index is -1.12. The summed E-state index contributed by atoms with van der Waals surface area (Å²) in [6.45, 7) is 1.72. The number of anilines is 1. The Hall–Kier alpha value is -3.29. The van der Waals surface area contributed by atoms with Gasteiger partial charge in [0.2, 0.25) is 0 Å². The second-order valence-corrected chi connectivity index (χ2v) is 4.31. The number of nitro benzene ring substituents is 2. The van der Waals surface area contributed by atoms with Crippen LogP contribution in [0.2, 0.25) is 0 Å². The third-order valence-electron chi connectivity index (χ3n) is 2.84. The minimum absolute atomic E-state index is 0.405. The smallest absolute Gasteiger partial charge is 0.322 e. The third-order valence-corrected chi connectivity index (χ3v) is 2.84. The third kappa shape index (κ3) is 3.06. The summed E-state index contributed by atoms with van der Waals surface area (Å²) in [5, 5.41) is 24.4. The minimum Gasteiger partial charge on any atom is -0.322 e. The van der Waals surface area contributed by atoms with E-state index in [0.29, 0.717) is 17.3 Å². The topological polar surface area (TPSA) is 115 Å². The number of carbonyl (C=O) groups excluding carboxylic acids is 1. The van der Waals surface area contributed by atoms with Crippen LogP contribution in [-0.2, 0) is 0 Å². The summed E-state index contributed by atoms with van der Waals surface area (Å²) < 4.78 is 15.5. The predicted octanol–water partition coefficient (Wildman–Crippen LogP) is 3.06. The van der Waals surface area contributed by atoms with Crippen LogP contribution in [0.1, 0.15) is 18.7 Å². The van der Waals surface area contributed by atoms with Crippen molar-refractivity contribution in [3.8, 4) is 0 Å². The highest BCUT2D eigenvalue weighted by Crippen LogP contribution is 2.28. The zero-order valence-corrected chi connectivity index (χ0v) is 11.3. The maximum Gasteiger partial charge on any atom is 0.346 e. The highest BCUT2D eigenvalue weighted by molar-refractivity contribution is 6.05. The van der Waals surface area contributed by atoms with Gasteiger partial charge in [-0.2, -0.15) is 0 Å². The molecule has 0 radical (unpaired) electrons. The molecule has 112 valence electrons. The fraction of sp³-hybridized carbons (Fsp3) is 0.0714. The molecule has 0 saturated carbocycles. The van der Waals surface area contributed by atoms with Gasteiger partial charge in [-0.15, -0.1) is 0 Å². The van der Waals surface area contributed by atoms with Crippen LogP contribution in [0, 0.1) is 27.2 Å². The molecule has 0 saturated heterocycles. The maximum absolute atomic E-state index is 12.3. The number of nitrogens with zero attached hydrogens (tertiary/aromatic N) is 2. The molecule has 0 aliphatic rings. The van der Waals surface area contributed by atoms with Crippen LogP contribution < -0.4 is 5.32 Å². The predicted molar refractivity (Wildman–Crippen MR) is 78.9 cm³/mol. The number of nitro groups is 2. The Morgan fingerprint density at radius 3 is 2.36 bits per heavy atom. The molecule has 0 aliphatic carbocycles. The Kier molecular flexibility index (Phi) is 3.40. The summed E-state index contributed by atoms with van der Waals surface area (Å²) >= 11 is 0. The van der Waals surface area contributed by atoms with Crippen LogP contribution in [0.15, 0.2) is 42.4 Å². The molecule has 8 heteroatoms. The summed E-state index contributed by atoms with van der Waals surface area (Å²) in [6, 6.07) is 5.70. The molecule has 0 atom stereocenters. The molecule has 1 N–H and O–H groups in total. The first-order valence-corrected chi connectivity index (χ1v) is 6.04. The van der Waals surface area contributed by atoms with E-state index in [0.717, 1.165) is 0 Å². The molecule has 0 aliphatic heterocycles. The maximum atomic E-state index is 12.3. The monoisotopic (exact) mass is 305 g/mol. The molecule has 0 aromatic heterocycles. The van der Waals surface area contributed by atoms with Gasteiger partial charge in [-0.1, -0.05) is 18.2 Å². The zero-order valence-electron chi connectivity index (χ0n) is 13.3. The van der Waals surface area contributed by atoms with E-state index in [1.54, 1.807) is 31.2 Å². The largest absolute Gasteiger partial charge is 0.346 e. The Morgan fingerprint density at radius 2 is 1.77 bits per heavy atom. The fourth-order valence-electron chi connectivity index (χ4n) is 1.73. The first kappa shape index (κ1) is 12.5. The molecule has 0 bridgehead atoms. The van der Waals surface area contributed by atoms with Crippen LogP contribution in [0.25, 0.3) is 0 Å². The Morgan fingerprint density at radius 1 is 1.14 bits per heavy atom. The lowest BCUT2D eigenvalue weighted by Crippen LogP contribution is -2.13. The lowest BCUT2D eigenvalue weighted by Gasteiger charge is -2.08. The van der Waals surface area contributed by atoms with E-state index in [2.05, 4.69) is 5.32 Å². The summed E-state index contributed by atoms with van der Waals surface area (Å²) in [5.41, 5.74) is -1.61. The van der Waals surface area contributed by atoms with E-state index in [1.807, 2.05) is 0 Å². The van der Waals surface area contributed by atoms with Crippen molar-refractivity contribution in [2.75, 3.05) is 5.32 Å². The van der Waals surface area contributed by atoms with Crippen molar-refractivity contribution < 1.29 is 17.4 Å². The van der Waals surface area contributed by atoms with Crippen LogP contribution >= 0.6 is 0 Å². The molecular formula is C14H11N3O5. The molecule has 1 amide bonds. The molecule has 2 rings (SSSR count). The summed E-state index contributed by atoms with van der Waals surface area (Å²) in [5.74, 6) is -0.919. The van der Waals surface area contributed by atoms with Crippen molar-refractivity contribution in [2.45, 2.75) is 6.92 Å². The average Bonchev–Trinajstić information content (AvgIpc) is 2.48. The second kappa shape index (κ2) is 6.00. The van der Waals surface area contributed by atoms with Gasteiger partial charge in [-0.3, -0.25) is 25.0 Å². The van der Waals surface area contributed by atoms with E-state index in [9.17, 15) is 25.0 Å². The standard InChI is InChI=1S/C14H11N3O5/c1-9-4-2-3-5-11(9)15-14(18)10-6-7-12(16(19)20)13(8-10)17(21)22/h2-8H,1H3,(H,15,18)/i6T,8T. The molecule has 0 heterocycles. The van der Waals surface area contributed by atoms with Gasteiger partial charge in [-0.05, 0) is 24.6 Å². The van der Waals surface area contributed by atoms with Crippen molar-refractivity contribution in [1.82, 2.24) is 0 Å². The number of hydrogen-bond acceptors (Lipinski definition) is 5. The van der Waals surface area contributed by atoms with Crippen LogP contribution in [0.5, 0.6) is 0 Å². The lowest BCUT2D eigenvalue weighted by molar-refractivity contribution is -0.422. The first-order valence-electron chi connectivity index (χ1n) is 7.04. The van der Waals surface area contributed by atoms with Gasteiger partial charge in [-0.25, -0.2) is 0 Å². The van der Waals surface area contributed by atoms with E-state index in [1.165, 1.54) is 0 Å². The number of carbonyl (C=O) groups is 1. The Balaban J connectivity index is 2.56. The van der Waals surface area contributed by atoms with Gasteiger partial charge in [0.05, 0.1) is 12.6 Å². The van der Waals surface area contributed by atoms with Crippen molar-refractivity contribution >= 4 is 23.0 Å². The SMILES string of the molecule is [3H]c1cc([N+](=O)[O-])c([N+](=O)[O-])c([3H])c1C(=O)Nc1ccccc1C. The normalized spacial score (nSPS) is 11.3. The van der Waals surface area contributed by atoms with E-state index in [4.69, 9.17) is 2.74 Å². The number of amides is 1. The molecule has 0 unspecified atom stereocenters. The molecule has 22 heavy (non-hydrogen) atoms. The van der Waals surface area contributed by atoms with E-state index in [-0.39, 0.29) is 0 Å². The number of aryl methyl sites for hydroxylation is 1. The molecule has 8 nitrogen and oxygen atoms in total. The summed E-state index contributed by atoms with van der Waals surface area (Å²) in [4.78, 5) is 32.1. The van der Waals surface area contributed by atoms with Gasteiger partial charge >= 0.3 is 11.4 Å².